The number of thioether (sulfide) groups is 1. The molecular weight excluding hydrogens is 422 g/mol. The Morgan fingerprint density at radius 2 is 1.97 bits per heavy atom. The highest BCUT2D eigenvalue weighted by molar-refractivity contribution is 7.98. The van der Waals surface area contributed by atoms with E-state index < -0.39 is 0 Å². The number of nitriles is 1. The molecule has 3 N–H and O–H groups in total. The molecule has 2 aromatic carbocycles. The van der Waals surface area contributed by atoms with E-state index in [1.807, 2.05) is 36.5 Å². The molecule has 0 saturated heterocycles. The largest absolute Gasteiger partial charge is 0.361 e. The molecule has 0 radical (unpaired) electrons. The number of carbonyl (C=O) groups is 1. The summed E-state index contributed by atoms with van der Waals surface area (Å²) < 4.78 is 0. The predicted octanol–water partition coefficient (Wildman–Crippen LogP) is 3.32. The summed E-state index contributed by atoms with van der Waals surface area (Å²) in [5, 5.41) is 13.4. The van der Waals surface area contributed by atoms with Crippen molar-refractivity contribution in [3.05, 3.63) is 93.5 Å². The van der Waals surface area contributed by atoms with Crippen molar-refractivity contribution in [1.29, 1.82) is 5.26 Å². The molecule has 0 saturated carbocycles. The Bertz CT molecular complexity index is 1340. The van der Waals surface area contributed by atoms with E-state index in [4.69, 9.17) is 5.26 Å². The van der Waals surface area contributed by atoms with Crippen LogP contribution in [-0.4, -0.2) is 27.4 Å². The molecular formula is C24H21N5O2S. The quantitative estimate of drug-likeness (QED) is 0.285. The van der Waals surface area contributed by atoms with Crippen molar-refractivity contribution in [2.45, 2.75) is 23.8 Å². The number of rotatable bonds is 8. The van der Waals surface area contributed by atoms with Crippen molar-refractivity contribution in [3.63, 3.8) is 0 Å². The van der Waals surface area contributed by atoms with Crippen LogP contribution in [-0.2, 0) is 23.4 Å². The Labute approximate surface area is 188 Å². The lowest BCUT2D eigenvalue weighted by molar-refractivity contribution is -0.120. The van der Waals surface area contributed by atoms with E-state index >= 15 is 0 Å². The summed E-state index contributed by atoms with van der Waals surface area (Å²) in [7, 11) is 0. The molecule has 0 unspecified atom stereocenters. The summed E-state index contributed by atoms with van der Waals surface area (Å²) in [6.45, 7) is 0.504. The van der Waals surface area contributed by atoms with Crippen LogP contribution in [0, 0.1) is 11.3 Å². The monoisotopic (exact) mass is 443 g/mol. The van der Waals surface area contributed by atoms with Crippen LogP contribution in [0.2, 0.25) is 0 Å². The third-order valence-electron chi connectivity index (χ3n) is 4.96. The second-order valence-corrected chi connectivity index (χ2v) is 8.24. The smallest absolute Gasteiger partial charge is 0.251 e. The second-order valence-electron chi connectivity index (χ2n) is 7.28. The fourth-order valence-electron chi connectivity index (χ4n) is 3.37. The standard InChI is InChI=1S/C24H21N5O2S/c25-13-16-5-7-17(8-6-16)15-32-24-28-19(12-23(31)29-24)11-22(30)26-10-9-18-14-27-21-4-2-1-3-20(18)21/h1-8,12,14,27H,9-11,15H2,(H,26,30)(H,28,29,31). The average molecular weight is 444 g/mol. The molecule has 8 heteroatoms. The first-order valence-corrected chi connectivity index (χ1v) is 11.1. The third-order valence-corrected chi connectivity index (χ3v) is 5.91. The third kappa shape index (κ3) is 5.45. The highest BCUT2D eigenvalue weighted by Gasteiger charge is 2.09. The molecule has 4 aromatic rings. The molecule has 32 heavy (non-hydrogen) atoms. The molecule has 0 aliphatic heterocycles. The minimum atomic E-state index is -0.288. The van der Waals surface area contributed by atoms with Gasteiger partial charge in [-0.15, -0.1) is 0 Å². The molecule has 0 aliphatic rings. The number of hydrogen-bond acceptors (Lipinski definition) is 5. The van der Waals surface area contributed by atoms with Crippen molar-refractivity contribution in [2.75, 3.05) is 6.54 Å². The molecule has 0 fully saturated rings. The van der Waals surface area contributed by atoms with Crippen LogP contribution in [0.5, 0.6) is 0 Å². The molecule has 4 rings (SSSR count). The van der Waals surface area contributed by atoms with Gasteiger partial charge in [-0.1, -0.05) is 42.1 Å². The highest BCUT2D eigenvalue weighted by Crippen LogP contribution is 2.19. The maximum atomic E-state index is 12.4. The number of H-pyrrole nitrogens is 2. The number of fused-ring (bicyclic) bond motifs is 1. The number of nitrogens with zero attached hydrogens (tertiary/aromatic N) is 2. The summed E-state index contributed by atoms with van der Waals surface area (Å²) in [4.78, 5) is 34.7. The van der Waals surface area contributed by atoms with Crippen LogP contribution < -0.4 is 10.9 Å². The van der Waals surface area contributed by atoms with Gasteiger partial charge in [-0.2, -0.15) is 5.26 Å². The van der Waals surface area contributed by atoms with Gasteiger partial charge in [0.1, 0.15) is 0 Å². The van der Waals surface area contributed by atoms with Gasteiger partial charge in [0.15, 0.2) is 5.16 Å². The SMILES string of the molecule is N#Cc1ccc(CSc2nc(CC(=O)NCCc3c[nH]c4ccccc34)cc(=O)[nH]2)cc1. The molecule has 0 spiro atoms. The molecule has 0 atom stereocenters. The molecule has 7 nitrogen and oxygen atoms in total. The Morgan fingerprint density at radius 1 is 1.16 bits per heavy atom. The normalized spacial score (nSPS) is 10.7. The Morgan fingerprint density at radius 3 is 2.78 bits per heavy atom. The average Bonchev–Trinajstić information content (AvgIpc) is 3.21. The Kier molecular flexibility index (Phi) is 6.68. The zero-order valence-electron chi connectivity index (χ0n) is 17.2. The Hall–Kier alpha value is -3.83. The van der Waals surface area contributed by atoms with E-state index in [1.165, 1.54) is 17.8 Å². The number of aromatic nitrogens is 3. The summed E-state index contributed by atoms with van der Waals surface area (Å²) in [6, 6.07) is 18.7. The van der Waals surface area contributed by atoms with E-state index in [0.717, 1.165) is 22.0 Å². The number of benzene rings is 2. The van der Waals surface area contributed by atoms with E-state index in [1.54, 1.807) is 12.1 Å². The zero-order chi connectivity index (χ0) is 22.3. The van der Waals surface area contributed by atoms with Gasteiger partial charge in [-0.05, 0) is 35.7 Å². The zero-order valence-corrected chi connectivity index (χ0v) is 18.0. The lowest BCUT2D eigenvalue weighted by Crippen LogP contribution is -2.28. The molecule has 1 amide bonds. The van der Waals surface area contributed by atoms with Crippen molar-refractivity contribution in [1.82, 2.24) is 20.3 Å². The first-order chi connectivity index (χ1) is 15.6. The molecule has 160 valence electrons. The van der Waals surface area contributed by atoms with E-state index in [-0.39, 0.29) is 17.9 Å². The van der Waals surface area contributed by atoms with Gasteiger partial charge in [0.05, 0.1) is 23.7 Å². The fraction of sp³-hybridized carbons (Fsp3) is 0.167. The van der Waals surface area contributed by atoms with Gasteiger partial charge in [-0.25, -0.2) is 4.98 Å². The number of para-hydroxylation sites is 1. The van der Waals surface area contributed by atoms with Crippen molar-refractivity contribution in [3.8, 4) is 6.07 Å². The van der Waals surface area contributed by atoms with E-state index in [9.17, 15) is 9.59 Å². The van der Waals surface area contributed by atoms with Gasteiger partial charge in [0, 0.05) is 35.5 Å². The van der Waals surface area contributed by atoms with Crippen LogP contribution in [0.25, 0.3) is 10.9 Å². The summed E-state index contributed by atoms with van der Waals surface area (Å²) in [5.74, 6) is 0.417. The summed E-state index contributed by atoms with van der Waals surface area (Å²) in [6.07, 6.45) is 2.72. The van der Waals surface area contributed by atoms with Crippen LogP contribution in [0.15, 0.2) is 70.7 Å². The number of nitrogens with one attached hydrogen (secondary N) is 3. The number of aromatic amines is 2. The van der Waals surface area contributed by atoms with Gasteiger partial charge in [-0.3, -0.25) is 9.59 Å². The molecule has 0 bridgehead atoms. The van der Waals surface area contributed by atoms with Gasteiger partial charge in [0.2, 0.25) is 5.91 Å². The van der Waals surface area contributed by atoms with Gasteiger partial charge >= 0.3 is 0 Å². The minimum Gasteiger partial charge on any atom is -0.361 e. The Balaban J connectivity index is 1.31. The maximum Gasteiger partial charge on any atom is 0.251 e. The van der Waals surface area contributed by atoms with Crippen LogP contribution in [0.1, 0.15) is 22.4 Å². The number of hydrogen-bond donors (Lipinski definition) is 3. The van der Waals surface area contributed by atoms with Crippen LogP contribution in [0.4, 0.5) is 0 Å². The lowest BCUT2D eigenvalue weighted by atomic mass is 10.1. The van der Waals surface area contributed by atoms with Crippen molar-refractivity contribution < 1.29 is 4.79 Å². The minimum absolute atomic E-state index is 0.0439. The number of amides is 1. The summed E-state index contributed by atoms with van der Waals surface area (Å²) >= 11 is 1.37. The van der Waals surface area contributed by atoms with Crippen LogP contribution >= 0.6 is 11.8 Å². The van der Waals surface area contributed by atoms with Gasteiger partial charge < -0.3 is 15.3 Å². The second kappa shape index (κ2) is 9.98. The van der Waals surface area contributed by atoms with Crippen molar-refractivity contribution >= 4 is 28.6 Å². The fourth-order valence-corrected chi connectivity index (χ4v) is 4.22. The van der Waals surface area contributed by atoms with Crippen molar-refractivity contribution in [2.24, 2.45) is 0 Å². The van der Waals surface area contributed by atoms with E-state index in [2.05, 4.69) is 32.4 Å². The summed E-state index contributed by atoms with van der Waals surface area (Å²) in [5.41, 5.74) is 3.98. The first kappa shape index (κ1) is 21.4. The van der Waals surface area contributed by atoms with Gasteiger partial charge in [0.25, 0.3) is 5.56 Å². The number of carbonyl (C=O) groups excluding carboxylic acids is 1. The predicted molar refractivity (Wildman–Crippen MR) is 124 cm³/mol. The lowest BCUT2D eigenvalue weighted by Gasteiger charge is -2.06. The topological polar surface area (TPSA) is 114 Å². The van der Waals surface area contributed by atoms with E-state index in [0.29, 0.717) is 35.1 Å². The first-order valence-electron chi connectivity index (χ1n) is 10.1. The maximum absolute atomic E-state index is 12.4. The van der Waals surface area contributed by atoms with Crippen LogP contribution in [0.3, 0.4) is 0 Å². The molecule has 2 heterocycles. The molecule has 2 aromatic heterocycles. The molecule has 0 aliphatic carbocycles. The highest BCUT2D eigenvalue weighted by atomic mass is 32.2.